The molecule has 116 valence electrons. The van der Waals surface area contributed by atoms with Crippen LogP contribution in [0.25, 0.3) is 0 Å². The first-order chi connectivity index (χ1) is 9.11. The van der Waals surface area contributed by atoms with E-state index in [1.165, 1.54) is 0 Å². The Bertz CT molecular complexity index is 511. The molecule has 0 aromatic carbocycles. The second-order valence-electron chi connectivity index (χ2n) is 6.54. The van der Waals surface area contributed by atoms with Gasteiger partial charge in [0.2, 0.25) is 0 Å². The fraction of sp³-hybridized carbons (Fsp3) is 0.733. The molecule has 4 nitrogen and oxygen atoms in total. The molecule has 0 saturated carbocycles. The lowest BCUT2D eigenvalue weighted by Gasteiger charge is -2.19. The van der Waals surface area contributed by atoms with Crippen molar-refractivity contribution in [3.05, 3.63) is 23.7 Å². The van der Waals surface area contributed by atoms with Gasteiger partial charge in [-0.05, 0) is 38.8 Å². The van der Waals surface area contributed by atoms with Crippen molar-refractivity contribution >= 4 is 9.84 Å². The topological polar surface area (TPSA) is 59.3 Å². The number of hydrogen-bond donors (Lipinski definition) is 1. The van der Waals surface area contributed by atoms with E-state index in [0.29, 0.717) is 12.3 Å². The lowest BCUT2D eigenvalue weighted by molar-refractivity contribution is 0.381. The van der Waals surface area contributed by atoms with Gasteiger partial charge in [-0.2, -0.15) is 0 Å². The minimum atomic E-state index is -3.09. The Balaban J connectivity index is 2.60. The van der Waals surface area contributed by atoms with Crippen LogP contribution in [0.3, 0.4) is 0 Å². The Morgan fingerprint density at radius 1 is 1.25 bits per heavy atom. The van der Waals surface area contributed by atoms with Crippen LogP contribution in [0, 0.1) is 5.92 Å². The third-order valence-corrected chi connectivity index (χ3v) is 4.91. The van der Waals surface area contributed by atoms with Crippen LogP contribution in [-0.2, 0) is 22.1 Å². The molecule has 1 heterocycles. The van der Waals surface area contributed by atoms with Crippen LogP contribution in [0.15, 0.2) is 16.5 Å². The van der Waals surface area contributed by atoms with E-state index in [9.17, 15) is 8.42 Å². The van der Waals surface area contributed by atoms with Gasteiger partial charge >= 0.3 is 0 Å². The van der Waals surface area contributed by atoms with Crippen LogP contribution in [0.4, 0.5) is 0 Å². The molecule has 1 aromatic heterocycles. The SMILES string of the molecule is CCC(C)CS(=O)(=O)Cc1ccc(CNC(C)(C)C)o1. The van der Waals surface area contributed by atoms with E-state index in [-0.39, 0.29) is 23.0 Å². The number of furan rings is 1. The van der Waals surface area contributed by atoms with Crippen LogP contribution in [0.5, 0.6) is 0 Å². The minimum absolute atomic E-state index is 0.00709. The third kappa shape index (κ3) is 6.57. The highest BCUT2D eigenvalue weighted by Gasteiger charge is 2.18. The van der Waals surface area contributed by atoms with E-state index in [2.05, 4.69) is 26.1 Å². The van der Waals surface area contributed by atoms with E-state index >= 15 is 0 Å². The number of sulfone groups is 1. The van der Waals surface area contributed by atoms with Crippen molar-refractivity contribution in [1.29, 1.82) is 0 Å². The monoisotopic (exact) mass is 301 g/mol. The molecule has 1 rings (SSSR count). The van der Waals surface area contributed by atoms with Gasteiger partial charge in [-0.25, -0.2) is 8.42 Å². The minimum Gasteiger partial charge on any atom is -0.464 e. The van der Waals surface area contributed by atoms with Gasteiger partial charge in [0.15, 0.2) is 9.84 Å². The summed E-state index contributed by atoms with van der Waals surface area (Å²) in [7, 11) is -3.09. The molecular formula is C15H27NO3S. The molecule has 1 unspecified atom stereocenters. The zero-order valence-corrected chi connectivity index (χ0v) is 14.0. The van der Waals surface area contributed by atoms with E-state index in [4.69, 9.17) is 4.42 Å². The van der Waals surface area contributed by atoms with Gasteiger partial charge in [-0.1, -0.05) is 20.3 Å². The van der Waals surface area contributed by atoms with Crippen molar-refractivity contribution in [1.82, 2.24) is 5.32 Å². The molecule has 0 spiro atoms. The summed E-state index contributed by atoms with van der Waals surface area (Å²) in [6.07, 6.45) is 0.873. The van der Waals surface area contributed by atoms with E-state index < -0.39 is 9.84 Å². The average Bonchev–Trinajstić information content (AvgIpc) is 2.71. The highest BCUT2D eigenvalue weighted by atomic mass is 32.2. The van der Waals surface area contributed by atoms with Crippen molar-refractivity contribution in [2.24, 2.45) is 5.92 Å². The van der Waals surface area contributed by atoms with Crippen molar-refractivity contribution in [2.45, 2.75) is 58.9 Å². The first kappa shape index (κ1) is 17.2. The van der Waals surface area contributed by atoms with Crippen LogP contribution in [-0.4, -0.2) is 19.7 Å². The molecule has 0 bridgehead atoms. The third-order valence-electron chi connectivity index (χ3n) is 3.11. The van der Waals surface area contributed by atoms with Gasteiger partial charge in [0.1, 0.15) is 17.3 Å². The maximum absolute atomic E-state index is 12.0. The smallest absolute Gasteiger partial charge is 0.157 e. The summed E-state index contributed by atoms with van der Waals surface area (Å²) in [6.45, 7) is 10.8. The molecule has 0 radical (unpaired) electrons. The molecule has 20 heavy (non-hydrogen) atoms. The normalized spacial score (nSPS) is 14.4. The first-order valence-corrected chi connectivity index (χ1v) is 8.96. The van der Waals surface area contributed by atoms with Crippen LogP contribution in [0.1, 0.15) is 52.6 Å². The maximum atomic E-state index is 12.0. The van der Waals surface area contributed by atoms with Crippen molar-refractivity contribution in [3.63, 3.8) is 0 Å². The highest BCUT2D eigenvalue weighted by molar-refractivity contribution is 7.90. The molecule has 1 atom stereocenters. The highest BCUT2D eigenvalue weighted by Crippen LogP contribution is 2.15. The van der Waals surface area contributed by atoms with Crippen LogP contribution < -0.4 is 5.32 Å². The van der Waals surface area contributed by atoms with Crippen molar-refractivity contribution in [2.75, 3.05) is 5.75 Å². The molecule has 0 aliphatic rings. The number of rotatable bonds is 7. The summed E-state index contributed by atoms with van der Waals surface area (Å²) < 4.78 is 29.6. The number of nitrogens with one attached hydrogen (secondary N) is 1. The van der Waals surface area contributed by atoms with Gasteiger partial charge in [0, 0.05) is 5.54 Å². The van der Waals surface area contributed by atoms with Gasteiger partial charge in [-0.15, -0.1) is 0 Å². The predicted octanol–water partition coefficient (Wildman–Crippen LogP) is 3.13. The molecular weight excluding hydrogens is 274 g/mol. The molecule has 1 aromatic rings. The summed E-state index contributed by atoms with van der Waals surface area (Å²) in [5.41, 5.74) is 0.00951. The second kappa shape index (κ2) is 6.76. The lowest BCUT2D eigenvalue weighted by atomic mass is 10.1. The molecule has 0 aliphatic heterocycles. The van der Waals surface area contributed by atoms with Gasteiger partial charge < -0.3 is 9.73 Å². The Kier molecular flexibility index (Phi) is 5.83. The summed E-state index contributed by atoms with van der Waals surface area (Å²) in [6, 6.07) is 3.60. The average molecular weight is 301 g/mol. The van der Waals surface area contributed by atoms with Gasteiger partial charge in [-0.3, -0.25) is 0 Å². The van der Waals surface area contributed by atoms with E-state index in [1.54, 1.807) is 6.07 Å². The molecule has 0 amide bonds. The fourth-order valence-electron chi connectivity index (χ4n) is 1.77. The number of hydrogen-bond acceptors (Lipinski definition) is 4. The van der Waals surface area contributed by atoms with Gasteiger partial charge in [0.25, 0.3) is 0 Å². The lowest BCUT2D eigenvalue weighted by Crippen LogP contribution is -2.34. The molecule has 5 heteroatoms. The quantitative estimate of drug-likeness (QED) is 0.840. The van der Waals surface area contributed by atoms with Crippen LogP contribution in [0.2, 0.25) is 0 Å². The molecule has 0 saturated heterocycles. The molecule has 1 N–H and O–H groups in total. The summed E-state index contributed by atoms with van der Waals surface area (Å²) in [5.74, 6) is 1.71. The fourth-order valence-corrected chi connectivity index (χ4v) is 3.58. The largest absolute Gasteiger partial charge is 0.464 e. The Hall–Kier alpha value is -0.810. The predicted molar refractivity (Wildman–Crippen MR) is 82.2 cm³/mol. The Morgan fingerprint density at radius 2 is 1.85 bits per heavy atom. The van der Waals surface area contributed by atoms with Gasteiger partial charge in [0.05, 0.1) is 12.3 Å². The zero-order valence-electron chi connectivity index (χ0n) is 13.2. The standard InChI is InChI=1S/C15H27NO3S/c1-6-12(2)10-20(17,18)11-14-8-7-13(19-14)9-16-15(3,4)5/h7-8,12,16H,6,9-11H2,1-5H3. The summed E-state index contributed by atoms with van der Waals surface area (Å²) in [5, 5.41) is 3.31. The first-order valence-electron chi connectivity index (χ1n) is 7.14. The van der Waals surface area contributed by atoms with Crippen molar-refractivity contribution in [3.8, 4) is 0 Å². The van der Waals surface area contributed by atoms with Crippen LogP contribution >= 0.6 is 0 Å². The van der Waals surface area contributed by atoms with Crippen molar-refractivity contribution < 1.29 is 12.8 Å². The summed E-state index contributed by atoms with van der Waals surface area (Å²) >= 11 is 0. The molecule has 0 fully saturated rings. The Labute approximate surface area is 122 Å². The van der Waals surface area contributed by atoms with E-state index in [1.807, 2.05) is 19.9 Å². The molecule has 0 aliphatic carbocycles. The second-order valence-corrected chi connectivity index (χ2v) is 8.65. The summed E-state index contributed by atoms with van der Waals surface area (Å²) in [4.78, 5) is 0. The zero-order chi connectivity index (χ0) is 15.4. The Morgan fingerprint density at radius 3 is 2.40 bits per heavy atom. The van der Waals surface area contributed by atoms with E-state index in [0.717, 1.165) is 12.2 Å². The maximum Gasteiger partial charge on any atom is 0.157 e.